The summed E-state index contributed by atoms with van der Waals surface area (Å²) in [5.41, 5.74) is 1.28. The summed E-state index contributed by atoms with van der Waals surface area (Å²) in [6, 6.07) is 6.41. The predicted octanol–water partition coefficient (Wildman–Crippen LogP) is 2.26. The fourth-order valence-corrected chi connectivity index (χ4v) is 2.67. The Hall–Kier alpha value is -1.85. The molecule has 7 heteroatoms. The summed E-state index contributed by atoms with van der Waals surface area (Å²) in [5, 5.41) is 5.09. The Bertz CT molecular complexity index is 693. The molecule has 162 valence electrons. The van der Waals surface area contributed by atoms with Crippen LogP contribution in [0, 0.1) is 63.7 Å². The van der Waals surface area contributed by atoms with E-state index in [1.807, 2.05) is 69.9 Å². The minimum absolute atomic E-state index is 0. The molecular weight excluding hydrogens is 436 g/mol. The van der Waals surface area contributed by atoms with Gasteiger partial charge in [0.1, 0.15) is 12.6 Å². The summed E-state index contributed by atoms with van der Waals surface area (Å²) in [7, 11) is 0. The van der Waals surface area contributed by atoms with Gasteiger partial charge in [0, 0.05) is 11.5 Å². The number of benzene rings is 1. The maximum absolute atomic E-state index is 12.5. The standard InChI is InChI=1S/C19H21N2O4.C5H5.Fe/c1-3-25-17(22)12-20-18(23)13(2)21-19(24)16-11-7-6-10-15(16)14-8-4-5-9-14;1-2-4-5-3-1;/h4-11,13H,3,12H2,1-2H3,(H,20,23)(H,21,24);1-5H;/q;;+2/t13-;;/m0../s1. The smallest absolute Gasteiger partial charge is 0.465 e. The summed E-state index contributed by atoms with van der Waals surface area (Å²) < 4.78 is 4.74. The molecule has 0 heterocycles. The molecule has 2 aliphatic rings. The normalized spacial score (nSPS) is 16.3. The molecular formula is C24H26FeN2O4+2. The molecule has 0 unspecified atom stereocenters. The van der Waals surface area contributed by atoms with Crippen LogP contribution in [-0.2, 0) is 31.4 Å². The quantitative estimate of drug-likeness (QED) is 0.481. The van der Waals surface area contributed by atoms with Crippen molar-refractivity contribution < 1.29 is 36.2 Å². The Labute approximate surface area is 196 Å². The molecule has 2 saturated carbocycles. The molecule has 0 aromatic heterocycles. The largest absolute Gasteiger partial charge is 2.00 e. The molecule has 10 radical (unpaired) electrons. The van der Waals surface area contributed by atoms with E-state index in [0.717, 1.165) is 11.5 Å². The third-order valence-corrected chi connectivity index (χ3v) is 4.15. The first-order valence-electron chi connectivity index (χ1n) is 9.75. The minimum Gasteiger partial charge on any atom is -0.465 e. The van der Waals surface area contributed by atoms with E-state index < -0.39 is 17.9 Å². The van der Waals surface area contributed by atoms with Crippen LogP contribution in [0.1, 0.15) is 29.8 Å². The number of rotatable bonds is 7. The first-order valence-corrected chi connectivity index (χ1v) is 9.75. The average Bonchev–Trinajstić information content (AvgIpc) is 3.49. The zero-order chi connectivity index (χ0) is 21.8. The van der Waals surface area contributed by atoms with Gasteiger partial charge in [-0.1, -0.05) is 18.2 Å². The van der Waals surface area contributed by atoms with Gasteiger partial charge in [0.05, 0.1) is 6.61 Å². The van der Waals surface area contributed by atoms with Crippen LogP contribution in [0.3, 0.4) is 0 Å². The van der Waals surface area contributed by atoms with Gasteiger partial charge in [0.2, 0.25) is 5.91 Å². The van der Waals surface area contributed by atoms with Crippen LogP contribution < -0.4 is 10.6 Å². The number of nitrogens with one attached hydrogen (secondary N) is 2. The van der Waals surface area contributed by atoms with Crippen LogP contribution in [0.4, 0.5) is 0 Å². The number of carbonyl (C=O) groups excluding carboxylic acids is 3. The van der Waals surface area contributed by atoms with Crippen LogP contribution in [0.15, 0.2) is 24.3 Å². The number of hydrogen-bond acceptors (Lipinski definition) is 4. The molecule has 0 aliphatic heterocycles. The Morgan fingerprint density at radius 3 is 2.10 bits per heavy atom. The second-order valence-corrected chi connectivity index (χ2v) is 6.40. The first kappa shape index (κ1) is 27.2. The Morgan fingerprint density at radius 2 is 1.52 bits per heavy atom. The number of esters is 1. The van der Waals surface area contributed by atoms with Gasteiger partial charge < -0.3 is 15.4 Å². The Kier molecular flexibility index (Phi) is 13.2. The van der Waals surface area contributed by atoms with E-state index in [1.165, 1.54) is 0 Å². The van der Waals surface area contributed by atoms with E-state index in [2.05, 4.69) is 10.6 Å². The molecule has 0 bridgehead atoms. The van der Waals surface area contributed by atoms with E-state index >= 15 is 0 Å². The molecule has 1 aromatic rings. The zero-order valence-electron chi connectivity index (χ0n) is 17.5. The molecule has 3 rings (SSSR count). The number of hydrogen-bond donors (Lipinski definition) is 2. The second kappa shape index (κ2) is 15.0. The third-order valence-electron chi connectivity index (χ3n) is 4.15. The fourth-order valence-electron chi connectivity index (χ4n) is 2.67. The molecule has 1 atom stereocenters. The van der Waals surface area contributed by atoms with Crippen molar-refractivity contribution in [1.82, 2.24) is 10.6 Å². The molecule has 2 N–H and O–H groups in total. The summed E-state index contributed by atoms with van der Waals surface area (Å²) >= 11 is 0. The van der Waals surface area contributed by atoms with Crippen LogP contribution in [0.25, 0.3) is 0 Å². The average molecular weight is 462 g/mol. The maximum atomic E-state index is 12.5. The number of ether oxygens (including phenoxy) is 1. The molecule has 2 amide bonds. The summed E-state index contributed by atoms with van der Waals surface area (Å²) in [5.74, 6) is -0.385. The van der Waals surface area contributed by atoms with Crippen LogP contribution in [0.5, 0.6) is 0 Å². The molecule has 2 fully saturated rings. The van der Waals surface area contributed by atoms with Crippen molar-refractivity contribution in [2.24, 2.45) is 0 Å². The van der Waals surface area contributed by atoms with Gasteiger partial charge in [0.25, 0.3) is 5.91 Å². The van der Waals surface area contributed by atoms with Crippen molar-refractivity contribution in [2.75, 3.05) is 13.2 Å². The Balaban J connectivity index is 0.000000701. The summed E-state index contributed by atoms with van der Waals surface area (Å²) in [6.07, 6.45) is 17.6. The second-order valence-electron chi connectivity index (χ2n) is 6.40. The molecule has 0 saturated heterocycles. The van der Waals surface area contributed by atoms with Gasteiger partial charge in [-0.2, -0.15) is 0 Å². The molecule has 31 heavy (non-hydrogen) atoms. The molecule has 2 aliphatic carbocycles. The van der Waals surface area contributed by atoms with Crippen LogP contribution in [0.2, 0.25) is 0 Å². The van der Waals surface area contributed by atoms with E-state index in [0.29, 0.717) is 5.56 Å². The van der Waals surface area contributed by atoms with Gasteiger partial charge in [-0.15, -0.1) is 0 Å². The molecule has 1 aromatic carbocycles. The van der Waals surface area contributed by atoms with Crippen molar-refractivity contribution >= 4 is 17.8 Å². The van der Waals surface area contributed by atoms with Crippen molar-refractivity contribution in [2.45, 2.75) is 19.9 Å². The van der Waals surface area contributed by atoms with Crippen LogP contribution >= 0.6 is 0 Å². The monoisotopic (exact) mass is 462 g/mol. The summed E-state index contributed by atoms with van der Waals surface area (Å²) in [6.45, 7) is 3.27. The minimum atomic E-state index is -0.783. The predicted molar refractivity (Wildman–Crippen MR) is 114 cm³/mol. The maximum Gasteiger partial charge on any atom is 2.00 e. The van der Waals surface area contributed by atoms with Gasteiger partial charge in [-0.25, -0.2) is 0 Å². The van der Waals surface area contributed by atoms with E-state index in [1.54, 1.807) is 26.0 Å². The van der Waals surface area contributed by atoms with Gasteiger partial charge in [-0.05, 0) is 83.3 Å². The summed E-state index contributed by atoms with van der Waals surface area (Å²) in [4.78, 5) is 35.8. The SMILES string of the molecule is CCOC(=O)CNC(=O)[C@H](C)NC(=O)c1ccccc1[C]1[CH][CH][CH][CH]1.[CH]1[CH][CH][CH][CH]1.[Fe+2]. The molecule has 6 nitrogen and oxygen atoms in total. The van der Waals surface area contributed by atoms with Crippen molar-refractivity contribution in [3.8, 4) is 0 Å². The van der Waals surface area contributed by atoms with E-state index in [9.17, 15) is 14.4 Å². The van der Waals surface area contributed by atoms with Crippen molar-refractivity contribution in [3.63, 3.8) is 0 Å². The van der Waals surface area contributed by atoms with Gasteiger partial charge in [0.15, 0.2) is 0 Å². The first-order chi connectivity index (χ1) is 14.5. The van der Waals surface area contributed by atoms with Crippen molar-refractivity contribution in [3.05, 3.63) is 99.1 Å². The van der Waals surface area contributed by atoms with Crippen molar-refractivity contribution in [1.29, 1.82) is 0 Å². The number of carbonyl (C=O) groups is 3. The van der Waals surface area contributed by atoms with Gasteiger partial charge in [-0.3, -0.25) is 14.4 Å². The number of amides is 2. The molecule has 0 spiro atoms. The fraction of sp³-hybridized carbons (Fsp3) is 0.208. The van der Waals surface area contributed by atoms with Gasteiger partial charge >= 0.3 is 23.0 Å². The topological polar surface area (TPSA) is 84.5 Å². The zero-order valence-corrected chi connectivity index (χ0v) is 18.6. The van der Waals surface area contributed by atoms with E-state index in [4.69, 9.17) is 4.74 Å². The van der Waals surface area contributed by atoms with E-state index in [-0.39, 0.29) is 36.1 Å². The van der Waals surface area contributed by atoms with Crippen LogP contribution in [-0.4, -0.2) is 37.0 Å². The Morgan fingerprint density at radius 1 is 0.935 bits per heavy atom. The third kappa shape index (κ3) is 9.44.